The van der Waals surface area contributed by atoms with Crippen LogP contribution in [0.5, 0.6) is 5.75 Å². The zero-order chi connectivity index (χ0) is 17.6. The number of hydrogen-bond acceptors (Lipinski definition) is 4. The molecule has 1 aliphatic rings. The Balaban J connectivity index is 1.56. The summed E-state index contributed by atoms with van der Waals surface area (Å²) in [5.41, 5.74) is 9.53. The molecule has 0 aliphatic carbocycles. The number of hydrazine groups is 1. The fourth-order valence-corrected chi connectivity index (χ4v) is 2.96. The van der Waals surface area contributed by atoms with Crippen LogP contribution in [0.25, 0.3) is 0 Å². The van der Waals surface area contributed by atoms with E-state index in [2.05, 4.69) is 23.1 Å². The Hall–Kier alpha value is -2.37. The van der Waals surface area contributed by atoms with E-state index in [4.69, 9.17) is 4.74 Å². The van der Waals surface area contributed by atoms with Crippen LogP contribution in [0, 0.1) is 0 Å². The van der Waals surface area contributed by atoms with Crippen molar-refractivity contribution in [2.75, 3.05) is 11.9 Å². The zero-order valence-corrected chi connectivity index (χ0v) is 14.7. The van der Waals surface area contributed by atoms with Gasteiger partial charge >= 0.3 is 0 Å². The van der Waals surface area contributed by atoms with Gasteiger partial charge < -0.3 is 10.1 Å². The normalized spacial score (nSPS) is 19.6. The molecule has 0 radical (unpaired) electrons. The third-order valence-corrected chi connectivity index (χ3v) is 4.44. The highest BCUT2D eigenvalue weighted by Gasteiger charge is 2.30. The van der Waals surface area contributed by atoms with Gasteiger partial charge in [0.05, 0.1) is 6.61 Å². The largest absolute Gasteiger partial charge is 0.494 e. The van der Waals surface area contributed by atoms with Crippen LogP contribution in [-0.4, -0.2) is 18.6 Å². The Kier molecular flexibility index (Phi) is 5.68. The standard InChI is InChI=1S/C20H25N3O2/c1-3-14-5-9-16(10-6-14)21-20(24)19-13-18(22-23-19)15-7-11-17(12-8-15)25-4-2/h5-12,18-19,22-23H,3-4,13H2,1-2H3,(H,21,24). The van der Waals surface area contributed by atoms with Gasteiger partial charge in [-0.15, -0.1) is 0 Å². The van der Waals surface area contributed by atoms with E-state index < -0.39 is 0 Å². The SMILES string of the molecule is CCOc1ccc(C2CC(C(=O)Nc3ccc(CC)cc3)NN2)cc1. The van der Waals surface area contributed by atoms with Crippen molar-refractivity contribution >= 4 is 11.6 Å². The lowest BCUT2D eigenvalue weighted by Crippen LogP contribution is -2.39. The van der Waals surface area contributed by atoms with Crippen molar-refractivity contribution in [2.45, 2.75) is 38.8 Å². The van der Waals surface area contributed by atoms with Gasteiger partial charge in [0.2, 0.25) is 5.91 Å². The van der Waals surface area contributed by atoms with E-state index >= 15 is 0 Å². The Morgan fingerprint density at radius 3 is 2.44 bits per heavy atom. The summed E-state index contributed by atoms with van der Waals surface area (Å²) in [5.74, 6) is 0.840. The maximum atomic E-state index is 12.5. The van der Waals surface area contributed by atoms with Crippen molar-refractivity contribution in [3.05, 3.63) is 59.7 Å². The average Bonchev–Trinajstić information content (AvgIpc) is 3.13. The quantitative estimate of drug-likeness (QED) is 0.756. The number of nitrogens with one attached hydrogen (secondary N) is 3. The van der Waals surface area contributed by atoms with E-state index in [0.29, 0.717) is 13.0 Å². The van der Waals surface area contributed by atoms with Gasteiger partial charge in [0.15, 0.2) is 0 Å². The first-order valence-corrected chi connectivity index (χ1v) is 8.83. The van der Waals surface area contributed by atoms with Gasteiger partial charge in [0.1, 0.15) is 11.8 Å². The summed E-state index contributed by atoms with van der Waals surface area (Å²) in [7, 11) is 0. The Bertz CT molecular complexity index is 698. The third kappa shape index (κ3) is 4.38. The minimum absolute atomic E-state index is 0.0230. The highest BCUT2D eigenvalue weighted by Crippen LogP contribution is 2.25. The van der Waals surface area contributed by atoms with Crippen molar-refractivity contribution in [3.8, 4) is 5.75 Å². The summed E-state index contributed by atoms with van der Waals surface area (Å²) in [6, 6.07) is 15.8. The Morgan fingerprint density at radius 2 is 1.80 bits per heavy atom. The van der Waals surface area contributed by atoms with Gasteiger partial charge in [-0.05, 0) is 55.2 Å². The molecule has 25 heavy (non-hydrogen) atoms. The molecule has 5 heteroatoms. The number of amides is 1. The Labute approximate surface area is 148 Å². The zero-order valence-electron chi connectivity index (χ0n) is 14.7. The van der Waals surface area contributed by atoms with Crippen LogP contribution in [-0.2, 0) is 11.2 Å². The molecule has 0 saturated carbocycles. The summed E-state index contributed by atoms with van der Waals surface area (Å²) in [6.07, 6.45) is 1.69. The van der Waals surface area contributed by atoms with Crippen molar-refractivity contribution in [3.63, 3.8) is 0 Å². The van der Waals surface area contributed by atoms with Crippen LogP contribution in [0.2, 0.25) is 0 Å². The third-order valence-electron chi connectivity index (χ3n) is 4.44. The molecule has 3 rings (SSSR count). The van der Waals surface area contributed by atoms with E-state index in [9.17, 15) is 4.79 Å². The molecule has 132 valence electrons. The van der Waals surface area contributed by atoms with Crippen LogP contribution in [0.3, 0.4) is 0 Å². The second-order valence-electron chi connectivity index (χ2n) is 6.17. The summed E-state index contributed by atoms with van der Waals surface area (Å²) < 4.78 is 5.47. The number of anilines is 1. The molecular formula is C20H25N3O2. The van der Waals surface area contributed by atoms with Crippen molar-refractivity contribution in [2.24, 2.45) is 0 Å². The van der Waals surface area contributed by atoms with Gasteiger partial charge in [-0.1, -0.05) is 31.2 Å². The molecule has 2 unspecified atom stereocenters. The van der Waals surface area contributed by atoms with Crippen molar-refractivity contribution in [1.82, 2.24) is 10.9 Å². The number of ether oxygens (including phenoxy) is 1. The van der Waals surface area contributed by atoms with Crippen LogP contribution in [0.15, 0.2) is 48.5 Å². The first-order chi connectivity index (χ1) is 12.2. The predicted molar refractivity (Wildman–Crippen MR) is 99.5 cm³/mol. The molecule has 0 spiro atoms. The van der Waals surface area contributed by atoms with Gasteiger partial charge in [0, 0.05) is 11.7 Å². The number of benzene rings is 2. The maximum Gasteiger partial charge on any atom is 0.242 e. The second-order valence-corrected chi connectivity index (χ2v) is 6.17. The summed E-state index contributed by atoms with van der Waals surface area (Å²) in [6.45, 7) is 4.74. The van der Waals surface area contributed by atoms with Crippen LogP contribution >= 0.6 is 0 Å². The fraction of sp³-hybridized carbons (Fsp3) is 0.350. The summed E-state index contributed by atoms with van der Waals surface area (Å²) >= 11 is 0. The molecule has 5 nitrogen and oxygen atoms in total. The van der Waals surface area contributed by atoms with Gasteiger partial charge in [0.25, 0.3) is 0 Å². The molecule has 1 fully saturated rings. The highest BCUT2D eigenvalue weighted by atomic mass is 16.5. The summed E-state index contributed by atoms with van der Waals surface area (Å²) in [4.78, 5) is 12.5. The smallest absolute Gasteiger partial charge is 0.242 e. The fourth-order valence-electron chi connectivity index (χ4n) is 2.96. The molecule has 1 saturated heterocycles. The monoisotopic (exact) mass is 339 g/mol. The molecule has 0 aromatic heterocycles. The molecule has 2 aromatic carbocycles. The molecule has 0 bridgehead atoms. The van der Waals surface area contributed by atoms with Crippen molar-refractivity contribution in [1.29, 1.82) is 0 Å². The van der Waals surface area contributed by atoms with E-state index in [1.54, 1.807) is 0 Å². The predicted octanol–water partition coefficient (Wildman–Crippen LogP) is 3.19. The minimum atomic E-state index is -0.262. The molecule has 2 atom stereocenters. The lowest BCUT2D eigenvalue weighted by atomic mass is 10.0. The van der Waals surface area contributed by atoms with Crippen molar-refractivity contribution < 1.29 is 9.53 Å². The van der Waals surface area contributed by atoms with Gasteiger partial charge in [-0.2, -0.15) is 0 Å². The molecular weight excluding hydrogens is 314 g/mol. The van der Waals surface area contributed by atoms with Gasteiger partial charge in [-0.3, -0.25) is 4.79 Å². The maximum absolute atomic E-state index is 12.5. The number of aryl methyl sites for hydroxylation is 1. The van der Waals surface area contributed by atoms with E-state index in [1.807, 2.05) is 55.5 Å². The van der Waals surface area contributed by atoms with Crippen LogP contribution in [0.4, 0.5) is 5.69 Å². The molecule has 3 N–H and O–H groups in total. The molecule has 1 amide bonds. The van der Waals surface area contributed by atoms with Gasteiger partial charge in [-0.25, -0.2) is 10.9 Å². The van der Waals surface area contributed by atoms with E-state index in [1.165, 1.54) is 5.56 Å². The van der Waals surface area contributed by atoms with E-state index in [-0.39, 0.29) is 18.0 Å². The number of hydrogen-bond donors (Lipinski definition) is 3. The number of carbonyl (C=O) groups excluding carboxylic acids is 1. The second kappa shape index (κ2) is 8.14. The van der Waals surface area contributed by atoms with E-state index in [0.717, 1.165) is 23.4 Å². The van der Waals surface area contributed by atoms with Crippen LogP contribution in [0.1, 0.15) is 37.4 Å². The lowest BCUT2D eigenvalue weighted by molar-refractivity contribution is -0.117. The number of carbonyl (C=O) groups is 1. The summed E-state index contributed by atoms with van der Waals surface area (Å²) in [5, 5.41) is 2.97. The molecule has 2 aromatic rings. The number of rotatable bonds is 6. The molecule has 1 aliphatic heterocycles. The lowest BCUT2D eigenvalue weighted by Gasteiger charge is -2.11. The highest BCUT2D eigenvalue weighted by molar-refractivity contribution is 5.95. The van der Waals surface area contributed by atoms with Crippen LogP contribution < -0.4 is 20.9 Å². The first-order valence-electron chi connectivity index (χ1n) is 8.83. The molecule has 1 heterocycles. The minimum Gasteiger partial charge on any atom is -0.494 e. The topological polar surface area (TPSA) is 62.4 Å². The average molecular weight is 339 g/mol. The first kappa shape index (κ1) is 17.5. The Morgan fingerprint density at radius 1 is 1.08 bits per heavy atom.